The van der Waals surface area contributed by atoms with E-state index in [1.54, 1.807) is 12.4 Å². The van der Waals surface area contributed by atoms with Crippen molar-refractivity contribution in [3.63, 3.8) is 0 Å². The van der Waals surface area contributed by atoms with Crippen LogP contribution in [0.15, 0.2) is 24.5 Å². The minimum absolute atomic E-state index is 0.318. The van der Waals surface area contributed by atoms with Crippen molar-refractivity contribution >= 4 is 11.5 Å². The van der Waals surface area contributed by atoms with Crippen LogP contribution in [-0.4, -0.2) is 23.4 Å². The Bertz CT molecular complexity index is 323. The van der Waals surface area contributed by atoms with E-state index in [0.717, 1.165) is 6.54 Å². The van der Waals surface area contributed by atoms with Crippen molar-refractivity contribution in [3.8, 4) is 0 Å². The van der Waals surface area contributed by atoms with Gasteiger partial charge in [0.05, 0.1) is 0 Å². The number of rotatable bonds is 1. The molecule has 1 atom stereocenters. The summed E-state index contributed by atoms with van der Waals surface area (Å²) < 4.78 is 0. The lowest BCUT2D eigenvalue weighted by molar-refractivity contribution is -0.120. The van der Waals surface area contributed by atoms with E-state index >= 15 is 0 Å². The van der Waals surface area contributed by atoms with Crippen LogP contribution >= 0.6 is 0 Å². The van der Waals surface area contributed by atoms with Gasteiger partial charge in [-0.25, -0.2) is 0 Å². The number of anilines is 1. The number of piperidine rings is 1. The molecule has 0 radical (unpaired) electrons. The standard InChI is InChI=1S/C11H14N2O/c1-9-8-11(14)4-7-13(9)10-2-5-12-6-3-10/h2-3,5-6,9H,4,7-8H2,1H3/t9-/m1/s1. The van der Waals surface area contributed by atoms with Crippen LogP contribution in [0.3, 0.4) is 0 Å². The van der Waals surface area contributed by atoms with Crippen molar-refractivity contribution in [3.05, 3.63) is 24.5 Å². The normalized spacial score (nSPS) is 22.5. The Balaban J connectivity index is 2.16. The zero-order chi connectivity index (χ0) is 9.97. The lowest BCUT2D eigenvalue weighted by Gasteiger charge is -2.34. The van der Waals surface area contributed by atoms with Crippen molar-refractivity contribution in [2.75, 3.05) is 11.4 Å². The van der Waals surface area contributed by atoms with Gasteiger partial charge in [0.2, 0.25) is 0 Å². The van der Waals surface area contributed by atoms with Gasteiger partial charge >= 0.3 is 0 Å². The quantitative estimate of drug-likeness (QED) is 0.675. The number of hydrogen-bond acceptors (Lipinski definition) is 3. The summed E-state index contributed by atoms with van der Waals surface area (Å²) in [5.41, 5.74) is 1.17. The van der Waals surface area contributed by atoms with Gasteiger partial charge in [-0.1, -0.05) is 0 Å². The van der Waals surface area contributed by atoms with Crippen molar-refractivity contribution in [1.82, 2.24) is 4.98 Å². The Kier molecular flexibility index (Phi) is 2.48. The molecule has 0 saturated carbocycles. The Morgan fingerprint density at radius 2 is 2.14 bits per heavy atom. The SMILES string of the molecule is C[C@@H]1CC(=O)CCN1c1ccncc1. The summed E-state index contributed by atoms with van der Waals surface area (Å²) in [5, 5.41) is 0. The third kappa shape index (κ3) is 1.76. The molecule has 2 heterocycles. The minimum atomic E-state index is 0.318. The van der Waals surface area contributed by atoms with E-state index in [1.165, 1.54) is 5.69 Å². The van der Waals surface area contributed by atoms with Gasteiger partial charge in [0.1, 0.15) is 5.78 Å². The van der Waals surface area contributed by atoms with E-state index in [2.05, 4.69) is 16.8 Å². The molecule has 0 spiro atoms. The highest BCUT2D eigenvalue weighted by molar-refractivity contribution is 5.81. The smallest absolute Gasteiger partial charge is 0.136 e. The van der Waals surface area contributed by atoms with E-state index in [1.807, 2.05) is 12.1 Å². The number of nitrogens with zero attached hydrogens (tertiary/aromatic N) is 2. The fourth-order valence-electron chi connectivity index (χ4n) is 1.93. The first-order valence-corrected chi connectivity index (χ1v) is 4.96. The maximum atomic E-state index is 11.2. The van der Waals surface area contributed by atoms with E-state index in [-0.39, 0.29) is 0 Å². The molecule has 3 heteroatoms. The van der Waals surface area contributed by atoms with Gasteiger partial charge in [-0.15, -0.1) is 0 Å². The van der Waals surface area contributed by atoms with Gasteiger partial charge in [-0.3, -0.25) is 9.78 Å². The average Bonchev–Trinajstić information content (AvgIpc) is 2.19. The third-order valence-corrected chi connectivity index (χ3v) is 2.68. The molecule has 74 valence electrons. The molecule has 0 unspecified atom stereocenters. The van der Waals surface area contributed by atoms with Crippen molar-refractivity contribution in [2.45, 2.75) is 25.8 Å². The molecular weight excluding hydrogens is 176 g/mol. The van der Waals surface area contributed by atoms with Gasteiger partial charge in [-0.05, 0) is 19.1 Å². The summed E-state index contributed by atoms with van der Waals surface area (Å²) in [6.07, 6.45) is 4.92. The number of carbonyl (C=O) groups excluding carboxylic acids is 1. The second-order valence-electron chi connectivity index (χ2n) is 3.74. The molecule has 1 aromatic heterocycles. The molecule has 0 N–H and O–H groups in total. The van der Waals surface area contributed by atoms with Crippen LogP contribution in [0.2, 0.25) is 0 Å². The van der Waals surface area contributed by atoms with Gasteiger partial charge in [0.25, 0.3) is 0 Å². The Hall–Kier alpha value is -1.38. The van der Waals surface area contributed by atoms with Gasteiger partial charge in [-0.2, -0.15) is 0 Å². The average molecular weight is 190 g/mol. The highest BCUT2D eigenvalue weighted by Gasteiger charge is 2.23. The van der Waals surface area contributed by atoms with Crippen LogP contribution in [0.25, 0.3) is 0 Å². The summed E-state index contributed by atoms with van der Waals surface area (Å²) in [7, 11) is 0. The number of hydrogen-bond donors (Lipinski definition) is 0. The summed E-state index contributed by atoms with van der Waals surface area (Å²) >= 11 is 0. The largest absolute Gasteiger partial charge is 0.368 e. The number of pyridine rings is 1. The first-order valence-electron chi connectivity index (χ1n) is 4.96. The van der Waals surface area contributed by atoms with Crippen LogP contribution in [0.4, 0.5) is 5.69 Å². The molecule has 2 rings (SSSR count). The van der Waals surface area contributed by atoms with E-state index in [0.29, 0.717) is 24.7 Å². The second-order valence-corrected chi connectivity index (χ2v) is 3.74. The topological polar surface area (TPSA) is 33.2 Å². The molecule has 14 heavy (non-hydrogen) atoms. The molecule has 0 amide bonds. The zero-order valence-corrected chi connectivity index (χ0v) is 8.31. The van der Waals surface area contributed by atoms with Crippen LogP contribution in [0, 0.1) is 0 Å². The van der Waals surface area contributed by atoms with Crippen LogP contribution in [-0.2, 0) is 4.79 Å². The molecule has 1 aromatic rings. The van der Waals surface area contributed by atoms with Crippen molar-refractivity contribution < 1.29 is 4.79 Å². The van der Waals surface area contributed by atoms with Gasteiger partial charge in [0, 0.05) is 43.5 Å². The van der Waals surface area contributed by atoms with E-state index < -0.39 is 0 Å². The zero-order valence-electron chi connectivity index (χ0n) is 8.31. The highest BCUT2D eigenvalue weighted by Crippen LogP contribution is 2.21. The molecular formula is C11H14N2O. The first kappa shape index (κ1) is 9.19. The fourth-order valence-corrected chi connectivity index (χ4v) is 1.93. The van der Waals surface area contributed by atoms with Crippen LogP contribution < -0.4 is 4.90 Å². The third-order valence-electron chi connectivity index (χ3n) is 2.68. The minimum Gasteiger partial charge on any atom is -0.368 e. The summed E-state index contributed by atoms with van der Waals surface area (Å²) in [6, 6.07) is 4.30. The van der Waals surface area contributed by atoms with Gasteiger partial charge < -0.3 is 4.90 Å². The lowest BCUT2D eigenvalue weighted by atomic mass is 10.0. The molecule has 1 aliphatic rings. The predicted molar refractivity (Wildman–Crippen MR) is 55.3 cm³/mol. The molecule has 0 aliphatic carbocycles. The number of aromatic nitrogens is 1. The Labute approximate surface area is 83.8 Å². The molecule has 0 bridgehead atoms. The van der Waals surface area contributed by atoms with Crippen LogP contribution in [0.1, 0.15) is 19.8 Å². The molecule has 1 saturated heterocycles. The maximum absolute atomic E-state index is 11.2. The summed E-state index contributed by atoms with van der Waals surface area (Å²) in [4.78, 5) is 17.5. The molecule has 1 aliphatic heterocycles. The second kappa shape index (κ2) is 3.78. The maximum Gasteiger partial charge on any atom is 0.136 e. The predicted octanol–water partition coefficient (Wildman–Crippen LogP) is 1.64. The van der Waals surface area contributed by atoms with Crippen molar-refractivity contribution in [2.24, 2.45) is 0 Å². The summed E-state index contributed by atoms with van der Waals surface area (Å²) in [5.74, 6) is 0.378. The van der Waals surface area contributed by atoms with E-state index in [9.17, 15) is 4.79 Å². The highest BCUT2D eigenvalue weighted by atomic mass is 16.1. The monoisotopic (exact) mass is 190 g/mol. The van der Waals surface area contributed by atoms with Gasteiger partial charge in [0.15, 0.2) is 0 Å². The van der Waals surface area contributed by atoms with E-state index in [4.69, 9.17) is 0 Å². The lowest BCUT2D eigenvalue weighted by Crippen LogP contribution is -2.41. The molecule has 0 aromatic carbocycles. The number of ketones is 1. The Morgan fingerprint density at radius 1 is 1.43 bits per heavy atom. The number of Topliss-reactive ketones (excluding diaryl/α,β-unsaturated/α-hetero) is 1. The first-order chi connectivity index (χ1) is 6.77. The summed E-state index contributed by atoms with van der Waals surface area (Å²) in [6.45, 7) is 2.93. The van der Waals surface area contributed by atoms with Crippen molar-refractivity contribution in [1.29, 1.82) is 0 Å². The fraction of sp³-hybridized carbons (Fsp3) is 0.455. The molecule has 1 fully saturated rings. The Morgan fingerprint density at radius 3 is 2.79 bits per heavy atom. The number of carbonyl (C=O) groups is 1. The van der Waals surface area contributed by atoms with Crippen LogP contribution in [0.5, 0.6) is 0 Å². The molecule has 3 nitrogen and oxygen atoms in total.